The molecule has 1 fully saturated rings. The molecule has 1 rings (SSSR count). The van der Waals surface area contributed by atoms with Gasteiger partial charge in [0.15, 0.2) is 11.5 Å². The van der Waals surface area contributed by atoms with Crippen LogP contribution in [0.3, 0.4) is 0 Å². The van der Waals surface area contributed by atoms with Crippen molar-refractivity contribution in [3.05, 3.63) is 0 Å². The Morgan fingerprint density at radius 1 is 1.56 bits per heavy atom. The first-order valence-corrected chi connectivity index (χ1v) is 2.71. The molecule has 0 saturated heterocycles. The van der Waals surface area contributed by atoms with Gasteiger partial charge in [0.1, 0.15) is 0 Å². The average Bonchev–Trinajstić information content (AvgIpc) is 2.48. The SMILES string of the molecule is N#CC1(N=C(N)N)CC1. The summed E-state index contributed by atoms with van der Waals surface area (Å²) in [6, 6.07) is 2.04. The number of nitrogens with two attached hydrogens (primary N) is 2. The zero-order chi connectivity index (χ0) is 6.91. The summed E-state index contributed by atoms with van der Waals surface area (Å²) < 4.78 is 0. The van der Waals surface area contributed by atoms with Crippen LogP contribution in [-0.4, -0.2) is 11.5 Å². The molecule has 9 heavy (non-hydrogen) atoms. The summed E-state index contributed by atoms with van der Waals surface area (Å²) in [5.41, 5.74) is 9.60. The van der Waals surface area contributed by atoms with Gasteiger partial charge in [0.2, 0.25) is 0 Å². The van der Waals surface area contributed by atoms with E-state index < -0.39 is 5.54 Å². The number of rotatable bonds is 1. The van der Waals surface area contributed by atoms with Gasteiger partial charge in [-0.25, -0.2) is 4.99 Å². The Bertz CT molecular complexity index is 180. The Balaban J connectivity index is 2.65. The minimum absolute atomic E-state index is 0.00838. The third-order valence-electron chi connectivity index (χ3n) is 1.27. The molecule has 0 atom stereocenters. The first kappa shape index (κ1) is 5.89. The molecule has 0 bridgehead atoms. The molecule has 1 aliphatic carbocycles. The highest BCUT2D eigenvalue weighted by atomic mass is 15.1. The van der Waals surface area contributed by atoms with E-state index in [0.717, 1.165) is 12.8 Å². The van der Waals surface area contributed by atoms with Crippen LogP contribution in [0.5, 0.6) is 0 Å². The maximum Gasteiger partial charge on any atom is 0.187 e. The predicted octanol–water partition coefficient (Wildman–Crippen LogP) is -0.684. The summed E-state index contributed by atoms with van der Waals surface area (Å²) in [6.45, 7) is 0. The van der Waals surface area contributed by atoms with Crippen molar-refractivity contribution in [1.82, 2.24) is 0 Å². The van der Waals surface area contributed by atoms with Gasteiger partial charge in [0, 0.05) is 0 Å². The highest BCUT2D eigenvalue weighted by Crippen LogP contribution is 2.38. The Kier molecular flexibility index (Phi) is 1.06. The van der Waals surface area contributed by atoms with Crippen LogP contribution in [0.15, 0.2) is 4.99 Å². The summed E-state index contributed by atoms with van der Waals surface area (Å²) in [7, 11) is 0. The van der Waals surface area contributed by atoms with Crippen molar-refractivity contribution in [2.45, 2.75) is 18.4 Å². The van der Waals surface area contributed by atoms with E-state index in [0.29, 0.717) is 0 Å². The Labute approximate surface area is 53.2 Å². The second-order valence-corrected chi connectivity index (χ2v) is 2.18. The second-order valence-electron chi connectivity index (χ2n) is 2.18. The average molecular weight is 124 g/mol. The summed E-state index contributed by atoms with van der Waals surface area (Å²) in [5.74, 6) is 0.00838. The van der Waals surface area contributed by atoms with Gasteiger partial charge in [-0.2, -0.15) is 5.26 Å². The van der Waals surface area contributed by atoms with Crippen molar-refractivity contribution in [2.24, 2.45) is 16.5 Å². The van der Waals surface area contributed by atoms with Crippen molar-refractivity contribution in [3.8, 4) is 6.07 Å². The van der Waals surface area contributed by atoms with Crippen molar-refractivity contribution in [1.29, 1.82) is 5.26 Å². The van der Waals surface area contributed by atoms with Crippen LogP contribution >= 0.6 is 0 Å². The number of nitriles is 1. The lowest BCUT2D eigenvalue weighted by atomic mass is 10.3. The summed E-state index contributed by atoms with van der Waals surface area (Å²) in [5, 5.41) is 8.44. The normalized spacial score (nSPS) is 19.9. The number of guanidine groups is 1. The molecule has 0 unspecified atom stereocenters. The molecule has 0 aromatic carbocycles. The van der Waals surface area contributed by atoms with Crippen LogP contribution in [0.25, 0.3) is 0 Å². The minimum Gasteiger partial charge on any atom is -0.370 e. The van der Waals surface area contributed by atoms with Crippen molar-refractivity contribution in [3.63, 3.8) is 0 Å². The molecular formula is C5H8N4. The van der Waals surface area contributed by atoms with Gasteiger partial charge in [-0.1, -0.05) is 0 Å². The zero-order valence-corrected chi connectivity index (χ0v) is 4.96. The first-order chi connectivity index (χ1) is 4.18. The number of aliphatic imine (C=N–C) groups is 1. The molecular weight excluding hydrogens is 116 g/mol. The monoisotopic (exact) mass is 124 g/mol. The van der Waals surface area contributed by atoms with Crippen LogP contribution in [0, 0.1) is 11.3 Å². The molecule has 0 heterocycles. The summed E-state index contributed by atoms with van der Waals surface area (Å²) >= 11 is 0. The molecule has 0 amide bonds. The molecule has 48 valence electrons. The fraction of sp³-hybridized carbons (Fsp3) is 0.600. The van der Waals surface area contributed by atoms with Crippen molar-refractivity contribution >= 4 is 5.96 Å². The lowest BCUT2D eigenvalue weighted by molar-refractivity contribution is 0.868. The molecule has 0 aromatic rings. The van der Waals surface area contributed by atoms with Gasteiger partial charge in [-0.3, -0.25) is 0 Å². The fourth-order valence-corrected chi connectivity index (χ4v) is 0.614. The third-order valence-corrected chi connectivity index (χ3v) is 1.27. The van der Waals surface area contributed by atoms with Crippen molar-refractivity contribution in [2.75, 3.05) is 0 Å². The van der Waals surface area contributed by atoms with E-state index in [-0.39, 0.29) is 5.96 Å². The van der Waals surface area contributed by atoms with Gasteiger partial charge < -0.3 is 11.5 Å². The molecule has 0 aromatic heterocycles. The minimum atomic E-state index is -0.543. The van der Waals surface area contributed by atoms with Crippen LogP contribution in [0.4, 0.5) is 0 Å². The highest BCUT2D eigenvalue weighted by molar-refractivity contribution is 5.76. The summed E-state index contributed by atoms with van der Waals surface area (Å²) in [4.78, 5) is 3.75. The van der Waals surface area contributed by atoms with E-state index in [9.17, 15) is 0 Å². The maximum absolute atomic E-state index is 8.44. The molecule has 1 aliphatic rings. The van der Waals surface area contributed by atoms with Crippen molar-refractivity contribution < 1.29 is 0 Å². The molecule has 0 aliphatic heterocycles. The largest absolute Gasteiger partial charge is 0.370 e. The molecule has 4 N–H and O–H groups in total. The van der Waals surface area contributed by atoms with Crippen LogP contribution < -0.4 is 11.5 Å². The molecule has 4 nitrogen and oxygen atoms in total. The van der Waals surface area contributed by atoms with E-state index in [1.165, 1.54) is 0 Å². The quantitative estimate of drug-likeness (QED) is 0.358. The topological polar surface area (TPSA) is 88.2 Å². The van der Waals surface area contributed by atoms with E-state index in [2.05, 4.69) is 4.99 Å². The number of hydrogen-bond acceptors (Lipinski definition) is 2. The van der Waals surface area contributed by atoms with E-state index in [1.54, 1.807) is 0 Å². The zero-order valence-electron chi connectivity index (χ0n) is 4.96. The van der Waals surface area contributed by atoms with Gasteiger partial charge in [-0.15, -0.1) is 0 Å². The lowest BCUT2D eigenvalue weighted by Gasteiger charge is -1.95. The van der Waals surface area contributed by atoms with Crippen LogP contribution in [0.1, 0.15) is 12.8 Å². The van der Waals surface area contributed by atoms with Crippen LogP contribution in [0.2, 0.25) is 0 Å². The second kappa shape index (κ2) is 1.62. The number of nitrogens with zero attached hydrogens (tertiary/aromatic N) is 2. The number of hydrogen-bond donors (Lipinski definition) is 2. The van der Waals surface area contributed by atoms with Gasteiger partial charge in [0.25, 0.3) is 0 Å². The standard InChI is InChI=1S/C5H8N4/c6-3-5(1-2-5)9-4(7)8/h1-2H2,(H4,7,8,9). The molecule has 0 radical (unpaired) electrons. The fourth-order valence-electron chi connectivity index (χ4n) is 0.614. The van der Waals surface area contributed by atoms with E-state index in [4.69, 9.17) is 16.7 Å². The molecule has 1 saturated carbocycles. The maximum atomic E-state index is 8.44. The first-order valence-electron chi connectivity index (χ1n) is 2.71. The summed E-state index contributed by atoms with van der Waals surface area (Å²) in [6.07, 6.45) is 1.59. The lowest BCUT2D eigenvalue weighted by Crippen LogP contribution is -2.25. The smallest absolute Gasteiger partial charge is 0.187 e. The van der Waals surface area contributed by atoms with Gasteiger partial charge in [-0.05, 0) is 12.8 Å². The predicted molar refractivity (Wildman–Crippen MR) is 33.4 cm³/mol. The van der Waals surface area contributed by atoms with Crippen LogP contribution in [-0.2, 0) is 0 Å². The van der Waals surface area contributed by atoms with E-state index >= 15 is 0 Å². The molecule has 0 spiro atoms. The highest BCUT2D eigenvalue weighted by Gasteiger charge is 2.43. The molecule has 4 heteroatoms. The Morgan fingerprint density at radius 3 is 2.22 bits per heavy atom. The Hall–Kier alpha value is -1.24. The van der Waals surface area contributed by atoms with Gasteiger partial charge in [0.05, 0.1) is 6.07 Å². The third kappa shape index (κ3) is 1.11. The van der Waals surface area contributed by atoms with Gasteiger partial charge >= 0.3 is 0 Å². The Morgan fingerprint density at radius 2 is 2.11 bits per heavy atom. The van der Waals surface area contributed by atoms with E-state index in [1.807, 2.05) is 6.07 Å².